The van der Waals surface area contributed by atoms with Crippen molar-refractivity contribution >= 4 is 21.8 Å². The fourth-order valence-electron chi connectivity index (χ4n) is 2.09. The first-order valence-electron chi connectivity index (χ1n) is 6.06. The molecule has 0 saturated heterocycles. The molecule has 4 heteroatoms. The van der Waals surface area contributed by atoms with Crippen LogP contribution in [0.5, 0.6) is 0 Å². The summed E-state index contributed by atoms with van der Waals surface area (Å²) in [6.07, 6.45) is 5.95. The first-order chi connectivity index (χ1) is 7.58. The van der Waals surface area contributed by atoms with Crippen molar-refractivity contribution in [2.24, 2.45) is 0 Å². The van der Waals surface area contributed by atoms with E-state index in [4.69, 9.17) is 4.74 Å². The average molecular weight is 292 g/mol. The summed E-state index contributed by atoms with van der Waals surface area (Å²) < 4.78 is 5.31. The molecule has 0 aromatic heterocycles. The molecule has 94 valence electrons. The zero-order valence-corrected chi connectivity index (χ0v) is 11.8. The van der Waals surface area contributed by atoms with Crippen LogP contribution in [0.1, 0.15) is 46.0 Å². The molecule has 1 rings (SSSR count). The van der Waals surface area contributed by atoms with Crippen molar-refractivity contribution in [3.05, 3.63) is 0 Å². The first-order valence-corrected chi connectivity index (χ1v) is 7.19. The Balaban J connectivity index is 2.39. The maximum atomic E-state index is 11.7. The van der Waals surface area contributed by atoms with Gasteiger partial charge in [-0.1, -0.05) is 35.2 Å². The Morgan fingerprint density at radius 1 is 1.38 bits per heavy atom. The molecule has 1 aliphatic rings. The predicted octanol–water partition coefficient (Wildman–Crippen LogP) is 2.63. The minimum atomic E-state index is -0.0321. The lowest BCUT2D eigenvalue weighted by Crippen LogP contribution is -2.52. The highest BCUT2D eigenvalue weighted by Crippen LogP contribution is 2.29. The van der Waals surface area contributed by atoms with E-state index in [9.17, 15) is 4.79 Å². The van der Waals surface area contributed by atoms with Gasteiger partial charge in [0, 0.05) is 10.9 Å². The summed E-state index contributed by atoms with van der Waals surface area (Å²) in [6.45, 7) is 4.05. The highest BCUT2D eigenvalue weighted by atomic mass is 79.9. The van der Waals surface area contributed by atoms with Gasteiger partial charge in [-0.15, -0.1) is 0 Å². The molecule has 0 spiro atoms. The third kappa shape index (κ3) is 4.42. The van der Waals surface area contributed by atoms with Crippen molar-refractivity contribution in [1.29, 1.82) is 0 Å². The van der Waals surface area contributed by atoms with E-state index in [1.807, 2.05) is 13.8 Å². The Hall–Kier alpha value is -0.0900. The van der Waals surface area contributed by atoms with Crippen LogP contribution in [0.3, 0.4) is 0 Å². The van der Waals surface area contributed by atoms with Crippen molar-refractivity contribution in [3.63, 3.8) is 0 Å². The van der Waals surface area contributed by atoms with E-state index >= 15 is 0 Å². The number of carbonyl (C=O) groups is 1. The van der Waals surface area contributed by atoms with Crippen LogP contribution in [0.25, 0.3) is 0 Å². The van der Waals surface area contributed by atoms with Gasteiger partial charge in [-0.25, -0.2) is 0 Å². The molecular weight excluding hydrogens is 270 g/mol. The molecule has 0 aromatic carbocycles. The van der Waals surface area contributed by atoms with Crippen LogP contribution in [0.15, 0.2) is 0 Å². The summed E-state index contributed by atoms with van der Waals surface area (Å²) in [7, 11) is 0. The Labute approximate surface area is 106 Å². The molecule has 0 aromatic rings. The van der Waals surface area contributed by atoms with Gasteiger partial charge in [-0.3, -0.25) is 4.79 Å². The van der Waals surface area contributed by atoms with Crippen molar-refractivity contribution in [2.45, 2.75) is 57.6 Å². The summed E-state index contributed by atoms with van der Waals surface area (Å²) >= 11 is 3.52. The summed E-state index contributed by atoms with van der Waals surface area (Å²) in [5.41, 5.74) is -0.0321. The zero-order valence-electron chi connectivity index (χ0n) is 10.2. The number of halogens is 1. The summed E-state index contributed by atoms with van der Waals surface area (Å²) in [5.74, 6) is 0.00931. The zero-order chi connectivity index (χ0) is 12.0. The van der Waals surface area contributed by atoms with Gasteiger partial charge in [0.15, 0.2) is 0 Å². The summed E-state index contributed by atoms with van der Waals surface area (Å²) in [4.78, 5) is 11.7. The van der Waals surface area contributed by atoms with Gasteiger partial charge < -0.3 is 10.1 Å². The van der Waals surface area contributed by atoms with Crippen molar-refractivity contribution in [3.8, 4) is 0 Å². The normalized spacial score (nSPS) is 19.8. The Kier molecular flexibility index (Phi) is 5.76. The van der Waals surface area contributed by atoms with Gasteiger partial charge >= 0.3 is 0 Å². The van der Waals surface area contributed by atoms with Crippen LogP contribution in [0, 0.1) is 0 Å². The molecule has 0 bridgehead atoms. The maximum absolute atomic E-state index is 11.7. The topological polar surface area (TPSA) is 38.3 Å². The molecule has 1 fully saturated rings. The molecule has 0 unspecified atom stereocenters. The maximum Gasteiger partial charge on any atom is 0.246 e. The molecule has 1 N–H and O–H groups in total. The van der Waals surface area contributed by atoms with Crippen LogP contribution in [0.4, 0.5) is 0 Å². The second-order valence-electron chi connectivity index (χ2n) is 4.88. The Morgan fingerprint density at radius 3 is 2.50 bits per heavy atom. The molecular formula is C12H22BrNO2. The SMILES string of the molecule is CC(C)OCC(=O)NC1(CBr)CCCCC1. The lowest BCUT2D eigenvalue weighted by Gasteiger charge is -2.36. The number of ether oxygens (including phenoxy) is 1. The highest BCUT2D eigenvalue weighted by molar-refractivity contribution is 9.09. The lowest BCUT2D eigenvalue weighted by molar-refractivity contribution is -0.129. The fourth-order valence-corrected chi connectivity index (χ4v) is 2.80. The molecule has 3 nitrogen and oxygen atoms in total. The van der Waals surface area contributed by atoms with Gasteiger partial charge in [-0.05, 0) is 26.7 Å². The smallest absolute Gasteiger partial charge is 0.246 e. The van der Waals surface area contributed by atoms with Gasteiger partial charge in [0.1, 0.15) is 6.61 Å². The largest absolute Gasteiger partial charge is 0.369 e. The minimum Gasteiger partial charge on any atom is -0.369 e. The van der Waals surface area contributed by atoms with Crippen molar-refractivity contribution < 1.29 is 9.53 Å². The highest BCUT2D eigenvalue weighted by Gasteiger charge is 2.32. The fraction of sp³-hybridized carbons (Fsp3) is 0.917. The second kappa shape index (κ2) is 6.60. The van der Waals surface area contributed by atoms with E-state index in [2.05, 4.69) is 21.2 Å². The minimum absolute atomic E-state index is 0.00931. The van der Waals surface area contributed by atoms with Gasteiger partial charge in [0.05, 0.1) is 6.10 Å². The van der Waals surface area contributed by atoms with Crippen LogP contribution >= 0.6 is 15.9 Å². The number of rotatable bonds is 5. The molecule has 1 amide bonds. The predicted molar refractivity (Wildman–Crippen MR) is 68.8 cm³/mol. The van der Waals surface area contributed by atoms with Gasteiger partial charge in [-0.2, -0.15) is 0 Å². The molecule has 0 aliphatic heterocycles. The number of carbonyl (C=O) groups excluding carboxylic acids is 1. The number of amides is 1. The van der Waals surface area contributed by atoms with Gasteiger partial charge in [0.2, 0.25) is 5.91 Å². The Bertz CT molecular complexity index is 225. The van der Waals surface area contributed by atoms with E-state index in [-0.39, 0.29) is 24.2 Å². The first kappa shape index (κ1) is 14.0. The van der Waals surface area contributed by atoms with Crippen LogP contribution in [-0.4, -0.2) is 29.5 Å². The van der Waals surface area contributed by atoms with E-state index in [0.717, 1.165) is 18.2 Å². The van der Waals surface area contributed by atoms with Crippen LogP contribution in [0.2, 0.25) is 0 Å². The standard InChI is InChI=1S/C12H22BrNO2/c1-10(2)16-8-11(15)14-12(9-13)6-4-3-5-7-12/h10H,3-9H2,1-2H3,(H,14,15). The molecule has 0 atom stereocenters. The quantitative estimate of drug-likeness (QED) is 0.791. The molecule has 1 saturated carbocycles. The van der Waals surface area contributed by atoms with Crippen molar-refractivity contribution in [1.82, 2.24) is 5.32 Å². The summed E-state index contributed by atoms with van der Waals surface area (Å²) in [6, 6.07) is 0. The number of nitrogens with one attached hydrogen (secondary N) is 1. The van der Waals surface area contributed by atoms with E-state index < -0.39 is 0 Å². The molecule has 1 aliphatic carbocycles. The monoisotopic (exact) mass is 291 g/mol. The molecule has 0 radical (unpaired) electrons. The van der Waals surface area contributed by atoms with E-state index in [0.29, 0.717) is 0 Å². The third-order valence-electron chi connectivity index (χ3n) is 3.02. The third-order valence-corrected chi connectivity index (χ3v) is 4.09. The Morgan fingerprint density at radius 2 is 2.00 bits per heavy atom. The number of hydrogen-bond donors (Lipinski definition) is 1. The van der Waals surface area contributed by atoms with E-state index in [1.54, 1.807) is 0 Å². The second-order valence-corrected chi connectivity index (χ2v) is 5.44. The van der Waals surface area contributed by atoms with Crippen molar-refractivity contribution in [2.75, 3.05) is 11.9 Å². The van der Waals surface area contributed by atoms with Crippen LogP contribution in [-0.2, 0) is 9.53 Å². The number of alkyl halides is 1. The van der Waals surface area contributed by atoms with Crippen LogP contribution < -0.4 is 5.32 Å². The lowest BCUT2D eigenvalue weighted by atomic mass is 9.83. The molecule has 0 heterocycles. The molecule has 16 heavy (non-hydrogen) atoms. The number of hydrogen-bond acceptors (Lipinski definition) is 2. The summed E-state index contributed by atoms with van der Waals surface area (Å²) in [5, 5.41) is 3.97. The van der Waals surface area contributed by atoms with Gasteiger partial charge in [0.25, 0.3) is 0 Å². The van der Waals surface area contributed by atoms with E-state index in [1.165, 1.54) is 19.3 Å². The average Bonchev–Trinajstić information content (AvgIpc) is 2.28.